The molecule has 1 aromatic heterocycles. The largest absolute Gasteiger partial charge is 0.348 e. The molecular formula is C14H16N4O3. The van der Waals surface area contributed by atoms with Crippen molar-refractivity contribution >= 4 is 11.6 Å². The minimum atomic E-state index is -0.620. The van der Waals surface area contributed by atoms with Crippen molar-refractivity contribution in [2.75, 3.05) is 0 Å². The Morgan fingerprint density at radius 1 is 1.33 bits per heavy atom. The fraction of sp³-hybridized carbons (Fsp3) is 0.286. The van der Waals surface area contributed by atoms with Crippen LogP contribution in [0.2, 0.25) is 0 Å². The number of nitrogens with one attached hydrogen (secondary N) is 1. The Kier molecular flexibility index (Phi) is 4.32. The molecule has 1 N–H and O–H groups in total. The van der Waals surface area contributed by atoms with E-state index in [4.69, 9.17) is 0 Å². The van der Waals surface area contributed by atoms with Gasteiger partial charge in [-0.15, -0.1) is 0 Å². The summed E-state index contributed by atoms with van der Waals surface area (Å²) in [5.41, 5.74) is 0.857. The standard InChI is InChI=1S/C14H16N4O3/c1-10(12-6-4-3-5-7-12)16-14(19)11(2)17-9-13(8-15-17)18(20)21/h3-11H,1-2H3,(H,16,19)/t10-,11+/m0/s1. The van der Waals surface area contributed by atoms with Crippen LogP contribution in [0.25, 0.3) is 0 Å². The highest BCUT2D eigenvalue weighted by molar-refractivity contribution is 5.80. The van der Waals surface area contributed by atoms with Crippen molar-refractivity contribution in [3.63, 3.8) is 0 Å². The van der Waals surface area contributed by atoms with Gasteiger partial charge in [0.25, 0.3) is 0 Å². The van der Waals surface area contributed by atoms with Gasteiger partial charge in [-0.2, -0.15) is 5.10 Å². The van der Waals surface area contributed by atoms with Gasteiger partial charge in [0.15, 0.2) is 0 Å². The molecular weight excluding hydrogens is 272 g/mol. The van der Waals surface area contributed by atoms with Crippen molar-refractivity contribution in [2.24, 2.45) is 0 Å². The van der Waals surface area contributed by atoms with Crippen molar-refractivity contribution in [1.29, 1.82) is 0 Å². The van der Waals surface area contributed by atoms with E-state index in [9.17, 15) is 14.9 Å². The molecule has 0 saturated carbocycles. The van der Waals surface area contributed by atoms with Crippen LogP contribution >= 0.6 is 0 Å². The first kappa shape index (κ1) is 14.7. The van der Waals surface area contributed by atoms with Crippen molar-refractivity contribution in [3.05, 3.63) is 58.4 Å². The van der Waals surface area contributed by atoms with Gasteiger partial charge in [0.05, 0.1) is 11.0 Å². The SMILES string of the molecule is C[C@H](NC(=O)[C@@H](C)n1cc([N+](=O)[O-])cn1)c1ccccc1. The maximum absolute atomic E-state index is 12.2. The number of carbonyl (C=O) groups excluding carboxylic acids is 1. The summed E-state index contributed by atoms with van der Waals surface area (Å²) < 4.78 is 1.28. The van der Waals surface area contributed by atoms with E-state index < -0.39 is 11.0 Å². The van der Waals surface area contributed by atoms with E-state index in [0.29, 0.717) is 0 Å². The molecule has 2 atom stereocenters. The molecule has 1 aromatic carbocycles. The summed E-state index contributed by atoms with van der Waals surface area (Å²) >= 11 is 0. The highest BCUT2D eigenvalue weighted by atomic mass is 16.6. The van der Waals surface area contributed by atoms with E-state index in [-0.39, 0.29) is 17.6 Å². The molecule has 2 rings (SSSR count). The third-order valence-electron chi connectivity index (χ3n) is 3.23. The molecule has 0 unspecified atom stereocenters. The lowest BCUT2D eigenvalue weighted by molar-refractivity contribution is -0.385. The number of benzene rings is 1. The van der Waals surface area contributed by atoms with Gasteiger partial charge in [-0.05, 0) is 19.4 Å². The van der Waals surface area contributed by atoms with Gasteiger partial charge >= 0.3 is 5.69 Å². The molecule has 0 radical (unpaired) electrons. The maximum atomic E-state index is 12.2. The number of rotatable bonds is 5. The molecule has 0 aliphatic heterocycles. The molecule has 0 fully saturated rings. The van der Waals surface area contributed by atoms with Crippen LogP contribution in [0.3, 0.4) is 0 Å². The van der Waals surface area contributed by atoms with Crippen LogP contribution in [0.15, 0.2) is 42.7 Å². The minimum Gasteiger partial charge on any atom is -0.348 e. The van der Waals surface area contributed by atoms with Gasteiger partial charge < -0.3 is 5.32 Å². The van der Waals surface area contributed by atoms with Crippen LogP contribution in [0.5, 0.6) is 0 Å². The Hall–Kier alpha value is -2.70. The average Bonchev–Trinajstić information content (AvgIpc) is 2.97. The van der Waals surface area contributed by atoms with E-state index in [2.05, 4.69) is 10.4 Å². The topological polar surface area (TPSA) is 90.1 Å². The quantitative estimate of drug-likeness (QED) is 0.674. The zero-order chi connectivity index (χ0) is 15.4. The van der Waals surface area contributed by atoms with Crippen LogP contribution in [0.1, 0.15) is 31.5 Å². The van der Waals surface area contributed by atoms with Gasteiger partial charge in [-0.1, -0.05) is 30.3 Å². The second-order valence-electron chi connectivity index (χ2n) is 4.75. The Labute approximate surface area is 121 Å². The van der Waals surface area contributed by atoms with Crippen molar-refractivity contribution < 1.29 is 9.72 Å². The van der Waals surface area contributed by atoms with Crippen LogP contribution < -0.4 is 5.32 Å². The first-order chi connectivity index (χ1) is 9.99. The Morgan fingerprint density at radius 3 is 2.57 bits per heavy atom. The smallest absolute Gasteiger partial charge is 0.307 e. The number of nitro groups is 1. The molecule has 0 saturated heterocycles. The number of aromatic nitrogens is 2. The van der Waals surface area contributed by atoms with E-state index in [1.54, 1.807) is 6.92 Å². The summed E-state index contributed by atoms with van der Waals surface area (Å²) in [5, 5.41) is 17.3. The minimum absolute atomic E-state index is 0.134. The lowest BCUT2D eigenvalue weighted by atomic mass is 10.1. The Morgan fingerprint density at radius 2 is 2.00 bits per heavy atom. The monoisotopic (exact) mass is 288 g/mol. The Bertz CT molecular complexity index is 639. The number of amides is 1. The summed E-state index contributed by atoms with van der Waals surface area (Å²) in [7, 11) is 0. The zero-order valence-corrected chi connectivity index (χ0v) is 11.8. The Balaban J connectivity index is 2.03. The summed E-state index contributed by atoms with van der Waals surface area (Å²) in [5.74, 6) is -0.246. The normalized spacial score (nSPS) is 13.4. The molecule has 0 bridgehead atoms. The predicted octanol–water partition coefficient (Wildman–Crippen LogP) is 2.23. The van der Waals surface area contributed by atoms with E-state index in [1.807, 2.05) is 37.3 Å². The molecule has 1 heterocycles. The van der Waals surface area contributed by atoms with E-state index >= 15 is 0 Å². The lowest BCUT2D eigenvalue weighted by Gasteiger charge is -2.18. The van der Waals surface area contributed by atoms with Crippen molar-refractivity contribution in [1.82, 2.24) is 15.1 Å². The van der Waals surface area contributed by atoms with Gasteiger partial charge in [0.1, 0.15) is 18.4 Å². The molecule has 0 aliphatic rings. The first-order valence-corrected chi connectivity index (χ1v) is 6.53. The lowest BCUT2D eigenvalue weighted by Crippen LogP contribution is -2.33. The summed E-state index contributed by atoms with van der Waals surface area (Å²) in [6, 6.07) is 8.79. The average molecular weight is 288 g/mol. The van der Waals surface area contributed by atoms with Crippen LogP contribution in [-0.2, 0) is 4.79 Å². The van der Waals surface area contributed by atoms with Gasteiger partial charge in [0, 0.05) is 0 Å². The number of nitrogens with zero attached hydrogens (tertiary/aromatic N) is 3. The fourth-order valence-corrected chi connectivity index (χ4v) is 1.91. The second kappa shape index (κ2) is 6.17. The number of carbonyl (C=O) groups is 1. The van der Waals surface area contributed by atoms with Crippen molar-refractivity contribution in [2.45, 2.75) is 25.9 Å². The highest BCUT2D eigenvalue weighted by Gasteiger charge is 2.20. The molecule has 110 valence electrons. The van der Waals surface area contributed by atoms with Crippen LogP contribution in [0, 0.1) is 10.1 Å². The zero-order valence-electron chi connectivity index (χ0n) is 11.8. The van der Waals surface area contributed by atoms with Crippen LogP contribution in [0.4, 0.5) is 5.69 Å². The number of hydrogen-bond acceptors (Lipinski definition) is 4. The summed E-state index contributed by atoms with van der Waals surface area (Å²) in [6.07, 6.45) is 2.38. The summed E-state index contributed by atoms with van der Waals surface area (Å²) in [4.78, 5) is 22.2. The van der Waals surface area contributed by atoms with E-state index in [1.165, 1.54) is 10.9 Å². The van der Waals surface area contributed by atoms with E-state index in [0.717, 1.165) is 11.8 Å². The molecule has 0 spiro atoms. The second-order valence-corrected chi connectivity index (χ2v) is 4.75. The molecule has 7 heteroatoms. The van der Waals surface area contributed by atoms with Gasteiger partial charge in [-0.3, -0.25) is 19.6 Å². The molecule has 0 aliphatic carbocycles. The fourth-order valence-electron chi connectivity index (χ4n) is 1.91. The summed E-state index contributed by atoms with van der Waals surface area (Å²) in [6.45, 7) is 3.52. The van der Waals surface area contributed by atoms with Gasteiger partial charge in [0.2, 0.25) is 5.91 Å². The van der Waals surface area contributed by atoms with Crippen LogP contribution in [-0.4, -0.2) is 20.6 Å². The molecule has 2 aromatic rings. The third kappa shape index (κ3) is 3.44. The molecule has 21 heavy (non-hydrogen) atoms. The third-order valence-corrected chi connectivity index (χ3v) is 3.23. The van der Waals surface area contributed by atoms with Gasteiger partial charge in [-0.25, -0.2) is 0 Å². The first-order valence-electron chi connectivity index (χ1n) is 6.53. The molecule has 1 amide bonds. The number of hydrogen-bond donors (Lipinski definition) is 1. The highest BCUT2D eigenvalue weighted by Crippen LogP contribution is 2.16. The predicted molar refractivity (Wildman–Crippen MR) is 76.6 cm³/mol. The maximum Gasteiger partial charge on any atom is 0.307 e. The van der Waals surface area contributed by atoms with Crippen molar-refractivity contribution in [3.8, 4) is 0 Å². The molecule has 7 nitrogen and oxygen atoms in total.